The van der Waals surface area contributed by atoms with Crippen LogP contribution in [0.25, 0.3) is 5.65 Å². The summed E-state index contributed by atoms with van der Waals surface area (Å²) < 4.78 is 1.67. The molecular weight excluding hydrogens is 366 g/mol. The van der Waals surface area contributed by atoms with Crippen molar-refractivity contribution < 1.29 is 4.79 Å². The fourth-order valence-corrected chi connectivity index (χ4v) is 3.81. The van der Waals surface area contributed by atoms with Gasteiger partial charge in [0.1, 0.15) is 17.5 Å². The van der Waals surface area contributed by atoms with Crippen LogP contribution in [0.3, 0.4) is 0 Å². The molecule has 1 N–H and O–H groups in total. The van der Waals surface area contributed by atoms with E-state index in [2.05, 4.69) is 31.4 Å². The van der Waals surface area contributed by atoms with Gasteiger partial charge in [0.25, 0.3) is 0 Å². The first-order valence-electron chi connectivity index (χ1n) is 9.81. The SMILES string of the molecule is Cc1nc2c(C#N)cnn2c(C)c1CCC(=O)Nc1ccc(N2CCCC2)nc1. The Kier molecular flexibility index (Phi) is 5.12. The molecular formula is C21H23N7O. The summed E-state index contributed by atoms with van der Waals surface area (Å²) in [6.45, 7) is 5.92. The number of hydrogen-bond acceptors (Lipinski definition) is 6. The summed E-state index contributed by atoms with van der Waals surface area (Å²) in [7, 11) is 0. The molecule has 29 heavy (non-hydrogen) atoms. The summed E-state index contributed by atoms with van der Waals surface area (Å²) in [6, 6.07) is 5.96. The van der Waals surface area contributed by atoms with Crippen LogP contribution >= 0.6 is 0 Å². The first-order chi connectivity index (χ1) is 14.1. The molecule has 0 saturated carbocycles. The van der Waals surface area contributed by atoms with Gasteiger partial charge in [-0.15, -0.1) is 0 Å². The normalized spacial score (nSPS) is 13.6. The number of carbonyl (C=O) groups is 1. The van der Waals surface area contributed by atoms with Gasteiger partial charge in [0.2, 0.25) is 5.91 Å². The molecule has 1 amide bonds. The lowest BCUT2D eigenvalue weighted by molar-refractivity contribution is -0.116. The monoisotopic (exact) mass is 389 g/mol. The zero-order chi connectivity index (χ0) is 20.4. The highest BCUT2D eigenvalue weighted by Crippen LogP contribution is 2.20. The minimum absolute atomic E-state index is 0.0715. The summed E-state index contributed by atoms with van der Waals surface area (Å²) in [6.07, 6.45) is 6.52. The number of amides is 1. The lowest BCUT2D eigenvalue weighted by atomic mass is 10.1. The Morgan fingerprint density at radius 2 is 2.03 bits per heavy atom. The molecule has 8 nitrogen and oxygen atoms in total. The number of hydrogen-bond donors (Lipinski definition) is 1. The van der Waals surface area contributed by atoms with E-state index in [1.54, 1.807) is 10.7 Å². The van der Waals surface area contributed by atoms with E-state index in [9.17, 15) is 4.79 Å². The number of nitriles is 1. The molecule has 0 bridgehead atoms. The first kappa shape index (κ1) is 18.9. The van der Waals surface area contributed by atoms with Crippen molar-refractivity contribution in [3.8, 4) is 6.07 Å². The molecule has 1 aliphatic rings. The van der Waals surface area contributed by atoms with Gasteiger partial charge in [-0.1, -0.05) is 0 Å². The van der Waals surface area contributed by atoms with Crippen LogP contribution in [-0.4, -0.2) is 38.6 Å². The molecule has 148 valence electrons. The standard InChI is InChI=1S/C21H23N7O/c1-14-18(15(2)28-21(25-14)16(11-22)12-24-28)6-8-20(29)26-17-5-7-19(23-13-17)27-9-3-4-10-27/h5,7,12-13H,3-4,6,8-10H2,1-2H3,(H,26,29). The molecule has 8 heteroatoms. The molecule has 3 aromatic rings. The lowest BCUT2D eigenvalue weighted by Crippen LogP contribution is -2.19. The van der Waals surface area contributed by atoms with Gasteiger partial charge in [-0.2, -0.15) is 10.4 Å². The predicted molar refractivity (Wildman–Crippen MR) is 110 cm³/mol. The Balaban J connectivity index is 1.41. The summed E-state index contributed by atoms with van der Waals surface area (Å²) >= 11 is 0. The van der Waals surface area contributed by atoms with Gasteiger partial charge in [0.05, 0.1) is 18.1 Å². The quantitative estimate of drug-likeness (QED) is 0.720. The molecule has 4 heterocycles. The maximum atomic E-state index is 12.4. The Morgan fingerprint density at radius 1 is 1.24 bits per heavy atom. The number of anilines is 2. The predicted octanol–water partition coefficient (Wildman–Crippen LogP) is 2.78. The van der Waals surface area contributed by atoms with Gasteiger partial charge >= 0.3 is 0 Å². The van der Waals surface area contributed by atoms with Crippen molar-refractivity contribution in [1.82, 2.24) is 19.6 Å². The van der Waals surface area contributed by atoms with Gasteiger partial charge < -0.3 is 10.2 Å². The minimum atomic E-state index is -0.0715. The fraction of sp³-hybridized carbons (Fsp3) is 0.381. The molecule has 1 fully saturated rings. The molecule has 1 saturated heterocycles. The number of aromatic nitrogens is 4. The molecule has 4 rings (SSSR count). The molecule has 0 aliphatic carbocycles. The van der Waals surface area contributed by atoms with Crippen LogP contribution in [0.1, 0.15) is 41.8 Å². The molecule has 0 spiro atoms. The number of aryl methyl sites for hydroxylation is 2. The Hall–Kier alpha value is -3.47. The topological polar surface area (TPSA) is 99.2 Å². The van der Waals surface area contributed by atoms with Crippen LogP contribution in [-0.2, 0) is 11.2 Å². The van der Waals surface area contributed by atoms with Crippen LogP contribution in [0.15, 0.2) is 24.5 Å². The average molecular weight is 389 g/mol. The van der Waals surface area contributed by atoms with E-state index in [4.69, 9.17) is 5.26 Å². The molecule has 0 aromatic carbocycles. The highest BCUT2D eigenvalue weighted by atomic mass is 16.1. The van der Waals surface area contributed by atoms with Crippen molar-refractivity contribution in [2.24, 2.45) is 0 Å². The molecule has 3 aromatic heterocycles. The zero-order valence-corrected chi connectivity index (χ0v) is 16.6. The third kappa shape index (κ3) is 3.76. The van der Waals surface area contributed by atoms with Crippen molar-refractivity contribution in [2.45, 2.75) is 39.5 Å². The van der Waals surface area contributed by atoms with Gasteiger partial charge in [0, 0.05) is 30.9 Å². The smallest absolute Gasteiger partial charge is 0.224 e. The first-order valence-corrected chi connectivity index (χ1v) is 9.81. The second-order valence-electron chi connectivity index (χ2n) is 7.31. The van der Waals surface area contributed by atoms with E-state index in [1.165, 1.54) is 19.0 Å². The summed E-state index contributed by atoms with van der Waals surface area (Å²) in [5, 5.41) is 16.3. The largest absolute Gasteiger partial charge is 0.357 e. The summed E-state index contributed by atoms with van der Waals surface area (Å²) in [4.78, 5) is 23.7. The number of rotatable bonds is 5. The third-order valence-electron chi connectivity index (χ3n) is 5.39. The van der Waals surface area contributed by atoms with Crippen LogP contribution in [0, 0.1) is 25.2 Å². The van der Waals surface area contributed by atoms with Crippen LogP contribution in [0.5, 0.6) is 0 Å². The van der Waals surface area contributed by atoms with E-state index in [0.29, 0.717) is 29.7 Å². The molecule has 0 unspecified atom stereocenters. The minimum Gasteiger partial charge on any atom is -0.357 e. The number of pyridine rings is 1. The van der Waals surface area contributed by atoms with Gasteiger partial charge in [0.15, 0.2) is 5.65 Å². The van der Waals surface area contributed by atoms with Crippen LogP contribution in [0.2, 0.25) is 0 Å². The third-order valence-corrected chi connectivity index (χ3v) is 5.39. The second-order valence-corrected chi connectivity index (χ2v) is 7.31. The Labute approximate surface area is 169 Å². The number of nitrogens with one attached hydrogen (secondary N) is 1. The van der Waals surface area contributed by atoms with E-state index in [0.717, 1.165) is 35.9 Å². The molecule has 0 radical (unpaired) electrons. The van der Waals surface area contributed by atoms with E-state index >= 15 is 0 Å². The van der Waals surface area contributed by atoms with E-state index in [-0.39, 0.29) is 5.91 Å². The van der Waals surface area contributed by atoms with Crippen molar-refractivity contribution in [1.29, 1.82) is 5.26 Å². The fourth-order valence-electron chi connectivity index (χ4n) is 3.81. The van der Waals surface area contributed by atoms with Gasteiger partial charge in [-0.25, -0.2) is 14.5 Å². The molecule has 1 aliphatic heterocycles. The maximum absolute atomic E-state index is 12.4. The summed E-state index contributed by atoms with van der Waals surface area (Å²) in [5.74, 6) is 0.889. The maximum Gasteiger partial charge on any atom is 0.224 e. The Morgan fingerprint density at radius 3 is 2.72 bits per heavy atom. The highest BCUT2D eigenvalue weighted by molar-refractivity contribution is 5.90. The molecule has 0 atom stereocenters. The van der Waals surface area contributed by atoms with E-state index < -0.39 is 0 Å². The lowest BCUT2D eigenvalue weighted by Gasteiger charge is -2.16. The second kappa shape index (κ2) is 7.87. The summed E-state index contributed by atoms with van der Waals surface area (Å²) in [5.41, 5.74) is 4.40. The Bertz CT molecular complexity index is 1090. The van der Waals surface area contributed by atoms with Gasteiger partial charge in [-0.05, 0) is 50.8 Å². The van der Waals surface area contributed by atoms with Crippen molar-refractivity contribution in [3.05, 3.63) is 47.0 Å². The van der Waals surface area contributed by atoms with Gasteiger partial charge in [-0.3, -0.25) is 4.79 Å². The van der Waals surface area contributed by atoms with Crippen LogP contribution in [0.4, 0.5) is 11.5 Å². The van der Waals surface area contributed by atoms with Crippen LogP contribution < -0.4 is 10.2 Å². The van der Waals surface area contributed by atoms with Crippen molar-refractivity contribution in [2.75, 3.05) is 23.3 Å². The number of carbonyl (C=O) groups excluding carboxylic acids is 1. The van der Waals surface area contributed by atoms with Crippen molar-refractivity contribution in [3.63, 3.8) is 0 Å². The highest BCUT2D eigenvalue weighted by Gasteiger charge is 2.16. The average Bonchev–Trinajstić information content (AvgIpc) is 3.38. The van der Waals surface area contributed by atoms with Crippen molar-refractivity contribution >= 4 is 23.1 Å². The number of nitrogens with zero attached hydrogens (tertiary/aromatic N) is 6. The van der Waals surface area contributed by atoms with E-state index in [1.807, 2.05) is 26.0 Å². The zero-order valence-electron chi connectivity index (χ0n) is 16.6. The number of fused-ring (bicyclic) bond motifs is 1.